The summed E-state index contributed by atoms with van der Waals surface area (Å²) in [5, 5.41) is 2.99. The van der Waals surface area contributed by atoms with Gasteiger partial charge < -0.3 is 19.7 Å². The number of ether oxygens (including phenoxy) is 2. The van der Waals surface area contributed by atoms with E-state index in [1.54, 1.807) is 4.90 Å². The van der Waals surface area contributed by atoms with Gasteiger partial charge in [-0.25, -0.2) is 4.39 Å². The highest BCUT2D eigenvalue weighted by Gasteiger charge is 2.27. The van der Waals surface area contributed by atoms with Crippen LogP contribution in [0.15, 0.2) is 42.5 Å². The molecule has 0 atom stereocenters. The van der Waals surface area contributed by atoms with Crippen molar-refractivity contribution in [3.63, 3.8) is 0 Å². The Morgan fingerprint density at radius 1 is 1.03 bits per heavy atom. The number of fused-ring (bicyclic) bond motifs is 1. The third-order valence-corrected chi connectivity index (χ3v) is 5.39. The number of benzene rings is 2. The van der Waals surface area contributed by atoms with Crippen molar-refractivity contribution in [2.45, 2.75) is 19.3 Å². The van der Waals surface area contributed by atoms with Gasteiger partial charge in [-0.1, -0.05) is 6.07 Å². The number of nitrogens with one attached hydrogen (secondary N) is 1. The van der Waals surface area contributed by atoms with Gasteiger partial charge in [0.2, 0.25) is 12.7 Å². The van der Waals surface area contributed by atoms with Crippen LogP contribution in [0.3, 0.4) is 0 Å². The molecule has 0 unspecified atom stereocenters. The molecule has 0 saturated carbocycles. The van der Waals surface area contributed by atoms with E-state index >= 15 is 0 Å². The molecule has 4 rings (SSSR count). The number of likely N-dealkylation sites (tertiary alicyclic amines) is 1. The zero-order valence-corrected chi connectivity index (χ0v) is 16.0. The summed E-state index contributed by atoms with van der Waals surface area (Å²) in [4.78, 5) is 26.7. The predicted molar refractivity (Wildman–Crippen MR) is 104 cm³/mol. The highest BCUT2D eigenvalue weighted by molar-refractivity contribution is 5.94. The molecule has 1 N–H and O–H groups in total. The highest BCUT2D eigenvalue weighted by Crippen LogP contribution is 2.32. The first-order valence-corrected chi connectivity index (χ1v) is 9.81. The van der Waals surface area contributed by atoms with Gasteiger partial charge in [0.1, 0.15) is 5.82 Å². The summed E-state index contributed by atoms with van der Waals surface area (Å²) in [6.45, 7) is 1.85. The van der Waals surface area contributed by atoms with Crippen molar-refractivity contribution < 1.29 is 23.5 Å². The van der Waals surface area contributed by atoms with Crippen molar-refractivity contribution in [3.05, 3.63) is 59.4 Å². The molecular formula is C22H23FN2O4. The molecule has 2 aromatic carbocycles. The Balaban J connectivity index is 1.22. The Morgan fingerprint density at radius 3 is 2.52 bits per heavy atom. The molecule has 0 spiro atoms. The van der Waals surface area contributed by atoms with Gasteiger partial charge >= 0.3 is 0 Å². The normalized spacial score (nSPS) is 16.0. The summed E-state index contributed by atoms with van der Waals surface area (Å²) in [6, 6.07) is 11.3. The van der Waals surface area contributed by atoms with Gasteiger partial charge in [0.25, 0.3) is 5.91 Å². The molecule has 152 valence electrons. The lowest BCUT2D eigenvalue weighted by Gasteiger charge is -2.31. The van der Waals surface area contributed by atoms with Crippen molar-refractivity contribution in [1.82, 2.24) is 10.2 Å². The van der Waals surface area contributed by atoms with Crippen LogP contribution in [-0.2, 0) is 11.2 Å². The fraction of sp³-hybridized carbons (Fsp3) is 0.364. The molecule has 29 heavy (non-hydrogen) atoms. The number of rotatable bonds is 5. The molecule has 6 nitrogen and oxygen atoms in total. The van der Waals surface area contributed by atoms with Crippen LogP contribution < -0.4 is 14.8 Å². The second kappa shape index (κ2) is 8.51. The van der Waals surface area contributed by atoms with Gasteiger partial charge in [-0.3, -0.25) is 9.59 Å². The molecule has 2 aromatic rings. The van der Waals surface area contributed by atoms with Crippen molar-refractivity contribution in [1.29, 1.82) is 0 Å². The van der Waals surface area contributed by atoms with Crippen molar-refractivity contribution in [2.24, 2.45) is 5.92 Å². The van der Waals surface area contributed by atoms with Gasteiger partial charge in [0.15, 0.2) is 11.5 Å². The molecule has 0 aromatic heterocycles. The van der Waals surface area contributed by atoms with Crippen LogP contribution in [0.1, 0.15) is 28.8 Å². The van der Waals surface area contributed by atoms with Crippen molar-refractivity contribution in [2.75, 3.05) is 26.4 Å². The largest absolute Gasteiger partial charge is 0.454 e. The SMILES string of the molecule is O=C(NCCc1ccc2c(c1)OCO2)C1CCN(C(=O)c2ccc(F)cc2)CC1. The van der Waals surface area contributed by atoms with Crippen LogP contribution in [0.25, 0.3) is 0 Å². The zero-order chi connectivity index (χ0) is 20.2. The van der Waals surface area contributed by atoms with Gasteiger partial charge in [0.05, 0.1) is 0 Å². The number of carbonyl (C=O) groups is 2. The van der Waals surface area contributed by atoms with Gasteiger partial charge in [0, 0.05) is 31.1 Å². The van der Waals surface area contributed by atoms with Crippen molar-refractivity contribution in [3.8, 4) is 11.5 Å². The first-order chi connectivity index (χ1) is 14.1. The topological polar surface area (TPSA) is 67.9 Å². The molecular weight excluding hydrogens is 375 g/mol. The number of halogens is 1. The monoisotopic (exact) mass is 398 g/mol. The predicted octanol–water partition coefficient (Wildman–Crippen LogP) is 2.77. The standard InChI is InChI=1S/C22H23FN2O4/c23-18-4-2-17(3-5-18)22(27)25-11-8-16(9-12-25)21(26)24-10-7-15-1-6-19-20(13-15)29-14-28-19/h1-6,13,16H,7-12,14H2,(H,24,26). The van der Waals surface area contributed by atoms with Crippen LogP contribution in [0.2, 0.25) is 0 Å². The van der Waals surface area contributed by atoms with Crippen molar-refractivity contribution >= 4 is 11.8 Å². The van der Waals surface area contributed by atoms with Crippen LogP contribution in [0.4, 0.5) is 4.39 Å². The molecule has 1 saturated heterocycles. The zero-order valence-electron chi connectivity index (χ0n) is 16.0. The Bertz CT molecular complexity index is 892. The highest BCUT2D eigenvalue weighted by atomic mass is 19.1. The summed E-state index contributed by atoms with van der Waals surface area (Å²) in [6.07, 6.45) is 1.97. The Morgan fingerprint density at radius 2 is 1.76 bits per heavy atom. The summed E-state index contributed by atoms with van der Waals surface area (Å²) in [7, 11) is 0. The van der Waals surface area contributed by atoms with Gasteiger partial charge in [-0.2, -0.15) is 0 Å². The lowest BCUT2D eigenvalue weighted by atomic mass is 9.95. The minimum atomic E-state index is -0.363. The van der Waals surface area contributed by atoms with Gasteiger partial charge in [-0.05, 0) is 61.2 Å². The summed E-state index contributed by atoms with van der Waals surface area (Å²) >= 11 is 0. The van der Waals surface area contributed by atoms with Crippen LogP contribution in [0, 0.1) is 11.7 Å². The third-order valence-electron chi connectivity index (χ3n) is 5.39. The molecule has 0 aliphatic carbocycles. The van der Waals surface area contributed by atoms with Gasteiger partial charge in [-0.15, -0.1) is 0 Å². The maximum Gasteiger partial charge on any atom is 0.253 e. The number of hydrogen-bond donors (Lipinski definition) is 1. The minimum Gasteiger partial charge on any atom is -0.454 e. The lowest BCUT2D eigenvalue weighted by Crippen LogP contribution is -2.43. The Labute approximate surface area is 168 Å². The Kier molecular flexibility index (Phi) is 5.64. The first kappa shape index (κ1) is 19.2. The first-order valence-electron chi connectivity index (χ1n) is 9.81. The molecule has 1 fully saturated rings. The summed E-state index contributed by atoms with van der Waals surface area (Å²) in [5.41, 5.74) is 1.55. The fourth-order valence-electron chi connectivity index (χ4n) is 3.69. The van der Waals surface area contributed by atoms with E-state index in [2.05, 4.69) is 5.32 Å². The van der Waals surface area contributed by atoms with Crippen LogP contribution in [-0.4, -0.2) is 43.1 Å². The van der Waals surface area contributed by atoms with Crippen LogP contribution in [0.5, 0.6) is 11.5 Å². The van der Waals surface area contributed by atoms with E-state index in [0.717, 1.165) is 17.1 Å². The second-order valence-corrected chi connectivity index (χ2v) is 7.30. The number of hydrogen-bond acceptors (Lipinski definition) is 4. The van der Waals surface area contributed by atoms with E-state index in [1.807, 2.05) is 18.2 Å². The molecule has 0 bridgehead atoms. The van der Waals surface area contributed by atoms with E-state index < -0.39 is 0 Å². The average Bonchev–Trinajstić information content (AvgIpc) is 3.22. The van der Waals surface area contributed by atoms with E-state index in [1.165, 1.54) is 24.3 Å². The molecule has 2 aliphatic rings. The summed E-state index contributed by atoms with van der Waals surface area (Å²) < 4.78 is 23.7. The second-order valence-electron chi connectivity index (χ2n) is 7.30. The van der Waals surface area contributed by atoms with E-state index in [9.17, 15) is 14.0 Å². The maximum atomic E-state index is 13.0. The number of carbonyl (C=O) groups excluding carboxylic acids is 2. The molecule has 2 aliphatic heterocycles. The number of amides is 2. The smallest absolute Gasteiger partial charge is 0.253 e. The fourth-order valence-corrected chi connectivity index (χ4v) is 3.69. The number of piperidine rings is 1. The van der Waals surface area contributed by atoms with Crippen LogP contribution >= 0.6 is 0 Å². The van der Waals surface area contributed by atoms with E-state index in [-0.39, 0.29) is 30.3 Å². The summed E-state index contributed by atoms with van der Waals surface area (Å²) in [5.74, 6) is 0.944. The average molecular weight is 398 g/mol. The lowest BCUT2D eigenvalue weighted by molar-refractivity contribution is -0.126. The molecule has 2 amide bonds. The molecule has 7 heteroatoms. The molecule has 2 heterocycles. The third kappa shape index (κ3) is 4.50. The Hall–Kier alpha value is -3.09. The van der Waals surface area contributed by atoms with E-state index in [0.29, 0.717) is 44.5 Å². The molecule has 0 radical (unpaired) electrons. The minimum absolute atomic E-state index is 0.0274. The van der Waals surface area contributed by atoms with E-state index in [4.69, 9.17) is 9.47 Å². The quantitative estimate of drug-likeness (QED) is 0.841. The maximum absolute atomic E-state index is 13.0. The number of nitrogens with zero attached hydrogens (tertiary/aromatic N) is 1.